The number of amides is 2. The van der Waals surface area contributed by atoms with E-state index >= 15 is 0 Å². The van der Waals surface area contributed by atoms with Gasteiger partial charge in [-0.25, -0.2) is 12.4 Å². The van der Waals surface area contributed by atoms with Crippen LogP contribution in [0.3, 0.4) is 0 Å². The summed E-state index contributed by atoms with van der Waals surface area (Å²) >= 11 is 0.960. The number of aromatic nitrogens is 1. The summed E-state index contributed by atoms with van der Waals surface area (Å²) in [5.74, 6) is -0.137. The van der Waals surface area contributed by atoms with E-state index in [1.807, 2.05) is 0 Å². The number of para-hydroxylation sites is 1. The smallest absolute Gasteiger partial charge is 0.273 e. The highest BCUT2D eigenvalue weighted by atomic mass is 32.2. The van der Waals surface area contributed by atoms with Crippen LogP contribution in [0, 0.1) is 0 Å². The zero-order chi connectivity index (χ0) is 18.3. The number of carbonyl (C=O) groups is 2. The van der Waals surface area contributed by atoms with Gasteiger partial charge in [-0.05, 0) is 23.8 Å². The van der Waals surface area contributed by atoms with Gasteiger partial charge in [0, 0.05) is 11.6 Å². The fraction of sp³-hybridized carbons (Fsp3) is 0.111. The van der Waals surface area contributed by atoms with Crippen molar-refractivity contribution < 1.29 is 18.0 Å². The zero-order valence-electron chi connectivity index (χ0n) is 13.5. The maximum atomic E-state index is 13.0. The second-order valence-corrected chi connectivity index (χ2v) is 8.56. The van der Waals surface area contributed by atoms with Crippen molar-refractivity contribution >= 4 is 43.8 Å². The lowest BCUT2D eigenvalue weighted by molar-refractivity contribution is -0.124. The van der Waals surface area contributed by atoms with Crippen molar-refractivity contribution in [2.75, 3.05) is 5.75 Å². The Morgan fingerprint density at radius 2 is 1.65 bits per heavy atom. The summed E-state index contributed by atoms with van der Waals surface area (Å²) in [6.07, 6.45) is 1.50. The molecule has 0 unspecified atom stereocenters. The molecule has 0 N–H and O–H groups in total. The first-order valence-electron chi connectivity index (χ1n) is 7.85. The molecule has 2 amide bonds. The highest BCUT2D eigenvalue weighted by molar-refractivity contribution is 8.14. The van der Waals surface area contributed by atoms with Gasteiger partial charge in [-0.3, -0.25) is 14.5 Å². The van der Waals surface area contributed by atoms with Gasteiger partial charge in [-0.15, -0.1) is 0 Å². The Kier molecular flexibility index (Phi) is 4.08. The Morgan fingerprint density at radius 3 is 2.35 bits per heavy atom. The second-order valence-electron chi connectivity index (χ2n) is 5.82. The molecule has 26 heavy (non-hydrogen) atoms. The van der Waals surface area contributed by atoms with Gasteiger partial charge in [0.1, 0.15) is 0 Å². The highest BCUT2D eigenvalue weighted by Crippen LogP contribution is 2.29. The molecule has 1 aliphatic rings. The molecular formula is C18H14N2O4S2. The lowest BCUT2D eigenvalue weighted by atomic mass is 10.1. The molecule has 1 fully saturated rings. The molecule has 0 saturated carbocycles. The second kappa shape index (κ2) is 6.30. The van der Waals surface area contributed by atoms with E-state index < -0.39 is 10.0 Å². The highest BCUT2D eigenvalue weighted by Gasteiger charge is 2.31. The van der Waals surface area contributed by atoms with Crippen LogP contribution in [0.2, 0.25) is 0 Å². The number of hydrogen-bond donors (Lipinski definition) is 0. The Labute approximate surface area is 154 Å². The number of fused-ring (bicyclic) bond motifs is 1. The number of nitrogens with zero attached hydrogens (tertiary/aromatic N) is 2. The molecule has 1 aliphatic heterocycles. The number of rotatable bonds is 4. The molecule has 6 nitrogen and oxygen atoms in total. The van der Waals surface area contributed by atoms with E-state index in [-0.39, 0.29) is 28.3 Å². The molecule has 1 saturated heterocycles. The summed E-state index contributed by atoms with van der Waals surface area (Å²) in [5, 5.41) is 0.391. The topological polar surface area (TPSA) is 76.5 Å². The SMILES string of the molecule is O=C1CSC(=O)N1Cc1cn(S(=O)(=O)c2ccccc2)c2ccccc12. The summed E-state index contributed by atoms with van der Waals surface area (Å²) in [7, 11) is -3.78. The van der Waals surface area contributed by atoms with Gasteiger partial charge in [-0.2, -0.15) is 0 Å². The van der Waals surface area contributed by atoms with E-state index in [0.29, 0.717) is 16.5 Å². The van der Waals surface area contributed by atoms with Crippen LogP contribution in [0.15, 0.2) is 65.7 Å². The Morgan fingerprint density at radius 1 is 0.962 bits per heavy atom. The third-order valence-electron chi connectivity index (χ3n) is 4.23. The van der Waals surface area contributed by atoms with Crippen molar-refractivity contribution in [3.8, 4) is 0 Å². The van der Waals surface area contributed by atoms with Crippen molar-refractivity contribution in [3.05, 3.63) is 66.4 Å². The monoisotopic (exact) mass is 386 g/mol. The van der Waals surface area contributed by atoms with E-state index in [4.69, 9.17) is 0 Å². The molecule has 0 spiro atoms. The maximum Gasteiger partial charge on any atom is 0.289 e. The standard InChI is InChI=1S/C18H14N2O4S2/c21-17-12-25-18(22)19(17)10-13-11-20(16-9-5-4-8-15(13)16)26(23,24)14-6-2-1-3-7-14/h1-9,11H,10,12H2. The van der Waals surface area contributed by atoms with Crippen LogP contribution >= 0.6 is 11.8 Å². The quantitative estimate of drug-likeness (QED) is 0.689. The van der Waals surface area contributed by atoms with Crippen LogP contribution in [0.25, 0.3) is 10.9 Å². The van der Waals surface area contributed by atoms with Crippen LogP contribution in [-0.2, 0) is 21.4 Å². The molecule has 0 aliphatic carbocycles. The molecule has 0 bridgehead atoms. The molecular weight excluding hydrogens is 372 g/mol. The lowest BCUT2D eigenvalue weighted by Gasteiger charge is -2.11. The molecule has 3 aromatic rings. The van der Waals surface area contributed by atoms with Gasteiger partial charge in [0.15, 0.2) is 0 Å². The van der Waals surface area contributed by atoms with Crippen LogP contribution in [0.4, 0.5) is 4.79 Å². The van der Waals surface area contributed by atoms with Gasteiger partial charge in [-0.1, -0.05) is 48.2 Å². The molecule has 132 valence electrons. The van der Waals surface area contributed by atoms with Crippen LogP contribution < -0.4 is 0 Å². The van der Waals surface area contributed by atoms with Crippen LogP contribution in [0.5, 0.6) is 0 Å². The van der Waals surface area contributed by atoms with E-state index in [2.05, 4.69) is 0 Å². The van der Waals surface area contributed by atoms with Gasteiger partial charge >= 0.3 is 0 Å². The van der Waals surface area contributed by atoms with Gasteiger partial charge in [0.05, 0.1) is 22.7 Å². The van der Waals surface area contributed by atoms with Crippen molar-refractivity contribution in [2.24, 2.45) is 0 Å². The zero-order valence-corrected chi connectivity index (χ0v) is 15.2. The molecule has 4 rings (SSSR count). The van der Waals surface area contributed by atoms with Crippen molar-refractivity contribution in [1.29, 1.82) is 0 Å². The largest absolute Gasteiger partial charge is 0.289 e. The molecule has 2 aromatic carbocycles. The summed E-state index contributed by atoms with van der Waals surface area (Å²) in [4.78, 5) is 25.1. The summed E-state index contributed by atoms with van der Waals surface area (Å²) in [6.45, 7) is 0.0580. The third kappa shape index (κ3) is 2.71. The summed E-state index contributed by atoms with van der Waals surface area (Å²) in [5.41, 5.74) is 1.13. The minimum Gasteiger partial charge on any atom is -0.273 e. The fourth-order valence-corrected chi connectivity index (χ4v) is 5.09. The van der Waals surface area contributed by atoms with Gasteiger partial charge < -0.3 is 0 Å². The Bertz CT molecular complexity index is 1100. The minimum absolute atomic E-state index is 0.0580. The average Bonchev–Trinajstić information content (AvgIpc) is 3.18. The minimum atomic E-state index is -3.78. The summed E-state index contributed by atoms with van der Waals surface area (Å²) < 4.78 is 27.3. The van der Waals surface area contributed by atoms with Crippen molar-refractivity contribution in [2.45, 2.75) is 11.4 Å². The average molecular weight is 386 g/mol. The normalized spacial score (nSPS) is 15.2. The number of benzene rings is 2. The molecule has 8 heteroatoms. The predicted molar refractivity (Wildman–Crippen MR) is 99.4 cm³/mol. The van der Waals surface area contributed by atoms with Gasteiger partial charge in [0.2, 0.25) is 5.91 Å². The van der Waals surface area contributed by atoms with E-state index in [1.165, 1.54) is 22.3 Å². The third-order valence-corrected chi connectivity index (χ3v) is 6.78. The fourth-order valence-electron chi connectivity index (χ4n) is 2.95. The number of thioether (sulfide) groups is 1. The molecule has 1 aromatic heterocycles. The first-order chi connectivity index (χ1) is 12.5. The van der Waals surface area contributed by atoms with Gasteiger partial charge in [0.25, 0.3) is 15.3 Å². The summed E-state index contributed by atoms with van der Waals surface area (Å²) in [6, 6.07) is 15.2. The Hall–Kier alpha value is -2.58. The van der Waals surface area contributed by atoms with Crippen LogP contribution in [-0.4, -0.2) is 34.2 Å². The molecule has 0 atom stereocenters. The maximum absolute atomic E-state index is 13.0. The number of carbonyl (C=O) groups excluding carboxylic acids is 2. The number of imide groups is 1. The van der Waals surface area contributed by atoms with Crippen molar-refractivity contribution in [3.63, 3.8) is 0 Å². The first kappa shape index (κ1) is 16.9. The Balaban J connectivity index is 1.85. The van der Waals surface area contributed by atoms with Crippen molar-refractivity contribution in [1.82, 2.24) is 8.87 Å². The van der Waals surface area contributed by atoms with E-state index in [0.717, 1.165) is 16.7 Å². The molecule has 2 heterocycles. The van der Waals surface area contributed by atoms with E-state index in [1.54, 1.807) is 42.5 Å². The van der Waals surface area contributed by atoms with E-state index in [9.17, 15) is 18.0 Å². The number of hydrogen-bond acceptors (Lipinski definition) is 5. The predicted octanol–water partition coefficient (Wildman–Crippen LogP) is 3.07. The molecule has 0 radical (unpaired) electrons. The van der Waals surface area contributed by atoms with Crippen LogP contribution in [0.1, 0.15) is 5.56 Å². The first-order valence-corrected chi connectivity index (χ1v) is 10.3. The lowest BCUT2D eigenvalue weighted by Crippen LogP contribution is -2.27.